The van der Waals surface area contributed by atoms with Crippen LogP contribution in [0.1, 0.15) is 34.7 Å². The van der Waals surface area contributed by atoms with Crippen molar-refractivity contribution in [1.29, 1.82) is 0 Å². The number of carbonyl (C=O) groups is 1. The normalized spacial score (nSPS) is 17.2. The van der Waals surface area contributed by atoms with Gasteiger partial charge in [0.15, 0.2) is 5.65 Å². The van der Waals surface area contributed by atoms with E-state index in [9.17, 15) is 4.79 Å². The molecule has 1 aliphatic heterocycles. The number of nitrogens with zero attached hydrogens (tertiary/aromatic N) is 4. The third kappa shape index (κ3) is 3.31. The molecule has 128 valence electrons. The second kappa shape index (κ2) is 6.68. The summed E-state index contributed by atoms with van der Waals surface area (Å²) in [6.45, 7) is 5.17. The van der Waals surface area contributed by atoms with E-state index in [2.05, 4.69) is 20.3 Å². The molecule has 0 unspecified atom stereocenters. The molecule has 0 aliphatic carbocycles. The number of aromatic nitrogens is 3. The van der Waals surface area contributed by atoms with Crippen LogP contribution in [-0.2, 0) is 4.74 Å². The number of rotatable bonds is 4. The summed E-state index contributed by atoms with van der Waals surface area (Å²) < 4.78 is 5.53. The molecule has 0 spiro atoms. The van der Waals surface area contributed by atoms with Crippen molar-refractivity contribution in [2.24, 2.45) is 0 Å². The first kappa shape index (κ1) is 16.6. The smallest absolute Gasteiger partial charge is 0.289 e. The van der Waals surface area contributed by atoms with Crippen LogP contribution >= 0.6 is 0 Å². The highest BCUT2D eigenvalue weighted by atomic mass is 16.5. The highest BCUT2D eigenvalue weighted by Gasteiger charge is 2.20. The minimum atomic E-state index is -0.295. The Morgan fingerprint density at radius 1 is 1.33 bits per heavy atom. The average molecular weight is 329 g/mol. The Morgan fingerprint density at radius 3 is 2.79 bits per heavy atom. The van der Waals surface area contributed by atoms with E-state index in [0.717, 1.165) is 36.1 Å². The van der Waals surface area contributed by atoms with Crippen LogP contribution in [0.15, 0.2) is 6.07 Å². The van der Waals surface area contributed by atoms with Gasteiger partial charge in [0.2, 0.25) is 5.82 Å². The van der Waals surface area contributed by atoms with Crippen molar-refractivity contribution in [3.63, 3.8) is 0 Å². The zero-order valence-electron chi connectivity index (χ0n) is 14.6. The highest BCUT2D eigenvalue weighted by Crippen LogP contribution is 2.25. The van der Waals surface area contributed by atoms with E-state index in [4.69, 9.17) is 4.74 Å². The lowest BCUT2D eigenvalue weighted by Crippen LogP contribution is -2.33. The lowest BCUT2D eigenvalue weighted by atomic mass is 10.1. The lowest BCUT2D eigenvalue weighted by Gasteiger charge is -2.17. The Labute approximate surface area is 141 Å². The summed E-state index contributed by atoms with van der Waals surface area (Å²) in [4.78, 5) is 27.7. The first-order chi connectivity index (χ1) is 11.5. The van der Waals surface area contributed by atoms with E-state index in [1.54, 1.807) is 0 Å². The second-order valence-corrected chi connectivity index (χ2v) is 6.39. The number of hydrogen-bond donors (Lipinski definition) is 1. The Balaban J connectivity index is 1.94. The van der Waals surface area contributed by atoms with Crippen molar-refractivity contribution in [2.75, 3.05) is 32.1 Å². The van der Waals surface area contributed by atoms with Crippen LogP contribution in [0, 0.1) is 13.8 Å². The molecular formula is C17H23N5O2. The predicted octanol–water partition coefficient (Wildman–Crippen LogP) is 1.62. The van der Waals surface area contributed by atoms with Gasteiger partial charge < -0.3 is 15.0 Å². The molecule has 7 nitrogen and oxygen atoms in total. The summed E-state index contributed by atoms with van der Waals surface area (Å²) in [5.41, 5.74) is 2.47. The molecule has 0 bridgehead atoms. The standard InChI is InChI=1S/C17H23N5O2/c1-10-8-11(2)19-14-13(10)16(22(3)4)21-15(20-14)17(23)18-9-12-6-5-7-24-12/h8,12H,5-7,9H2,1-4H3,(H,18,23)/t12-/m1/s1. The summed E-state index contributed by atoms with van der Waals surface area (Å²) in [5, 5.41) is 3.74. The molecule has 1 atom stereocenters. The lowest BCUT2D eigenvalue weighted by molar-refractivity contribution is 0.0849. The topological polar surface area (TPSA) is 80.2 Å². The van der Waals surface area contributed by atoms with E-state index in [-0.39, 0.29) is 17.8 Å². The van der Waals surface area contributed by atoms with Crippen molar-refractivity contribution < 1.29 is 9.53 Å². The first-order valence-corrected chi connectivity index (χ1v) is 8.19. The van der Waals surface area contributed by atoms with Crippen molar-refractivity contribution in [3.05, 3.63) is 23.1 Å². The highest BCUT2D eigenvalue weighted by molar-refractivity contribution is 5.96. The summed E-state index contributed by atoms with van der Waals surface area (Å²) in [5.74, 6) is 0.547. The van der Waals surface area contributed by atoms with Gasteiger partial charge in [-0.2, -0.15) is 0 Å². The van der Waals surface area contributed by atoms with Gasteiger partial charge in [0.1, 0.15) is 5.82 Å². The van der Waals surface area contributed by atoms with E-state index in [1.807, 2.05) is 38.9 Å². The van der Waals surface area contributed by atoms with Gasteiger partial charge in [0, 0.05) is 32.9 Å². The van der Waals surface area contributed by atoms with Crippen molar-refractivity contribution in [3.8, 4) is 0 Å². The number of ether oxygens (including phenoxy) is 1. The van der Waals surface area contributed by atoms with Crippen molar-refractivity contribution >= 4 is 22.8 Å². The number of aryl methyl sites for hydroxylation is 2. The van der Waals surface area contributed by atoms with Gasteiger partial charge in [0.05, 0.1) is 11.5 Å². The van der Waals surface area contributed by atoms with Gasteiger partial charge >= 0.3 is 0 Å². The molecule has 24 heavy (non-hydrogen) atoms. The second-order valence-electron chi connectivity index (χ2n) is 6.39. The van der Waals surface area contributed by atoms with E-state index >= 15 is 0 Å². The van der Waals surface area contributed by atoms with Gasteiger partial charge in [-0.3, -0.25) is 4.79 Å². The van der Waals surface area contributed by atoms with Gasteiger partial charge in [-0.25, -0.2) is 15.0 Å². The van der Waals surface area contributed by atoms with Crippen LogP contribution in [0.4, 0.5) is 5.82 Å². The largest absolute Gasteiger partial charge is 0.376 e. The Kier molecular flexibility index (Phi) is 4.62. The third-order valence-electron chi connectivity index (χ3n) is 4.11. The van der Waals surface area contributed by atoms with Gasteiger partial charge in [-0.1, -0.05) is 0 Å². The van der Waals surface area contributed by atoms with Crippen molar-refractivity contribution in [1.82, 2.24) is 20.3 Å². The van der Waals surface area contributed by atoms with Crippen LogP contribution in [0.25, 0.3) is 11.0 Å². The summed E-state index contributed by atoms with van der Waals surface area (Å²) in [6, 6.07) is 2.00. The van der Waals surface area contributed by atoms with E-state index in [1.165, 1.54) is 0 Å². The number of amides is 1. The minimum Gasteiger partial charge on any atom is -0.376 e. The monoisotopic (exact) mass is 329 g/mol. The van der Waals surface area contributed by atoms with Gasteiger partial charge in [0.25, 0.3) is 5.91 Å². The maximum atomic E-state index is 12.5. The number of carbonyl (C=O) groups excluding carboxylic acids is 1. The quantitative estimate of drug-likeness (QED) is 0.918. The molecule has 7 heteroatoms. The number of pyridine rings is 1. The van der Waals surface area contributed by atoms with E-state index < -0.39 is 0 Å². The third-order valence-corrected chi connectivity index (χ3v) is 4.11. The zero-order valence-corrected chi connectivity index (χ0v) is 14.6. The Morgan fingerprint density at radius 2 is 2.12 bits per heavy atom. The summed E-state index contributed by atoms with van der Waals surface area (Å²) in [7, 11) is 3.80. The molecule has 0 aromatic carbocycles. The molecule has 3 heterocycles. The van der Waals surface area contributed by atoms with Crippen LogP contribution in [0.2, 0.25) is 0 Å². The molecule has 1 fully saturated rings. The minimum absolute atomic E-state index is 0.0883. The predicted molar refractivity (Wildman–Crippen MR) is 92.4 cm³/mol. The van der Waals surface area contributed by atoms with Crippen LogP contribution in [0.5, 0.6) is 0 Å². The first-order valence-electron chi connectivity index (χ1n) is 8.19. The average Bonchev–Trinajstić information content (AvgIpc) is 3.04. The molecule has 1 amide bonds. The van der Waals surface area contributed by atoms with Gasteiger partial charge in [-0.15, -0.1) is 0 Å². The van der Waals surface area contributed by atoms with Crippen LogP contribution in [-0.4, -0.2) is 54.2 Å². The Hall–Kier alpha value is -2.28. The number of fused-ring (bicyclic) bond motifs is 1. The fourth-order valence-electron chi connectivity index (χ4n) is 2.97. The number of nitrogens with one attached hydrogen (secondary N) is 1. The maximum Gasteiger partial charge on any atom is 0.289 e. The molecule has 0 radical (unpaired) electrons. The molecule has 2 aromatic rings. The van der Waals surface area contributed by atoms with Crippen LogP contribution in [0.3, 0.4) is 0 Å². The molecule has 0 saturated carbocycles. The molecule has 1 aliphatic rings. The zero-order chi connectivity index (χ0) is 17.3. The SMILES string of the molecule is Cc1cc(C)c2c(N(C)C)nc(C(=O)NC[C@H]3CCCO3)nc2n1. The maximum absolute atomic E-state index is 12.5. The van der Waals surface area contributed by atoms with Gasteiger partial charge in [-0.05, 0) is 38.3 Å². The molecule has 1 N–H and O–H groups in total. The molecule has 3 rings (SSSR count). The fourth-order valence-corrected chi connectivity index (χ4v) is 2.97. The summed E-state index contributed by atoms with van der Waals surface area (Å²) in [6.07, 6.45) is 2.10. The van der Waals surface area contributed by atoms with Crippen molar-refractivity contribution in [2.45, 2.75) is 32.8 Å². The van der Waals surface area contributed by atoms with E-state index in [0.29, 0.717) is 18.0 Å². The Bertz CT molecular complexity index is 769. The summed E-state index contributed by atoms with van der Waals surface area (Å²) >= 11 is 0. The molecular weight excluding hydrogens is 306 g/mol. The number of anilines is 1. The molecule has 2 aromatic heterocycles. The fraction of sp³-hybridized carbons (Fsp3) is 0.529. The number of hydrogen-bond acceptors (Lipinski definition) is 6. The molecule has 1 saturated heterocycles. The van der Waals surface area contributed by atoms with Crippen LogP contribution < -0.4 is 10.2 Å².